The van der Waals surface area contributed by atoms with Crippen LogP contribution in [0.25, 0.3) is 0 Å². The van der Waals surface area contributed by atoms with Crippen molar-refractivity contribution in [1.82, 2.24) is 5.32 Å². The van der Waals surface area contributed by atoms with Crippen LogP contribution in [0.3, 0.4) is 0 Å². The van der Waals surface area contributed by atoms with Crippen LogP contribution in [0, 0.1) is 11.8 Å². The summed E-state index contributed by atoms with van der Waals surface area (Å²) in [5.41, 5.74) is 5.23. The number of primary amides is 1. The van der Waals surface area contributed by atoms with Crippen molar-refractivity contribution in [3.05, 3.63) is 0 Å². The molecule has 3 nitrogen and oxygen atoms in total. The lowest BCUT2D eigenvalue weighted by Gasteiger charge is -2.29. The second kappa shape index (κ2) is 6.11. The van der Waals surface area contributed by atoms with E-state index < -0.39 is 0 Å². The third kappa shape index (κ3) is 4.20. The van der Waals surface area contributed by atoms with Crippen molar-refractivity contribution in [2.75, 3.05) is 6.54 Å². The maximum Gasteiger partial charge on any atom is 0.221 e. The zero-order chi connectivity index (χ0) is 11.3. The second-order valence-corrected chi connectivity index (χ2v) is 4.85. The van der Waals surface area contributed by atoms with Crippen LogP contribution in [0.15, 0.2) is 0 Å². The Bertz CT molecular complexity index is 206. The summed E-state index contributed by atoms with van der Waals surface area (Å²) < 4.78 is 0. The van der Waals surface area contributed by atoms with Gasteiger partial charge in [-0.2, -0.15) is 0 Å². The molecule has 0 spiro atoms. The summed E-state index contributed by atoms with van der Waals surface area (Å²) in [5, 5.41) is 3.47. The van der Waals surface area contributed by atoms with Gasteiger partial charge in [0.2, 0.25) is 5.91 Å². The van der Waals surface area contributed by atoms with E-state index in [1.54, 1.807) is 0 Å². The van der Waals surface area contributed by atoms with Crippen LogP contribution in [0.2, 0.25) is 0 Å². The topological polar surface area (TPSA) is 55.1 Å². The highest BCUT2D eigenvalue weighted by Gasteiger charge is 2.21. The van der Waals surface area contributed by atoms with Gasteiger partial charge in [0.1, 0.15) is 0 Å². The van der Waals surface area contributed by atoms with Gasteiger partial charge < -0.3 is 11.1 Å². The standard InChI is InChI=1S/C12H24N2O/c1-3-10-5-4-6-11(7-10)14-8-9(2)12(13)15/h9-11,14H,3-8H2,1-2H3,(H2,13,15). The summed E-state index contributed by atoms with van der Waals surface area (Å²) in [4.78, 5) is 10.9. The Labute approximate surface area is 92.8 Å². The predicted octanol–water partition coefficient (Wildman–Crippen LogP) is 1.67. The molecule has 1 amide bonds. The highest BCUT2D eigenvalue weighted by atomic mass is 16.1. The summed E-state index contributed by atoms with van der Waals surface area (Å²) in [7, 11) is 0. The highest BCUT2D eigenvalue weighted by molar-refractivity contribution is 5.76. The van der Waals surface area contributed by atoms with E-state index in [0.29, 0.717) is 6.04 Å². The van der Waals surface area contributed by atoms with Crippen molar-refractivity contribution >= 4 is 5.91 Å². The molecule has 0 aromatic heterocycles. The molecule has 3 heteroatoms. The Morgan fingerprint density at radius 3 is 2.87 bits per heavy atom. The number of carbonyl (C=O) groups is 1. The minimum Gasteiger partial charge on any atom is -0.369 e. The minimum absolute atomic E-state index is 0.0491. The quantitative estimate of drug-likeness (QED) is 0.728. The Kier molecular flexibility index (Phi) is 5.09. The lowest BCUT2D eigenvalue weighted by molar-refractivity contribution is -0.121. The molecule has 3 unspecified atom stereocenters. The van der Waals surface area contributed by atoms with E-state index in [0.717, 1.165) is 12.5 Å². The maximum absolute atomic E-state index is 10.9. The first-order valence-electron chi connectivity index (χ1n) is 6.16. The highest BCUT2D eigenvalue weighted by Crippen LogP contribution is 2.26. The molecule has 1 saturated carbocycles. The van der Waals surface area contributed by atoms with E-state index in [-0.39, 0.29) is 11.8 Å². The number of carbonyl (C=O) groups excluding carboxylic acids is 1. The van der Waals surface area contributed by atoms with Crippen molar-refractivity contribution in [3.8, 4) is 0 Å². The summed E-state index contributed by atoms with van der Waals surface area (Å²) in [6.07, 6.45) is 6.49. The summed E-state index contributed by atoms with van der Waals surface area (Å²) in [6.45, 7) is 4.88. The van der Waals surface area contributed by atoms with Crippen LogP contribution in [0.1, 0.15) is 46.0 Å². The van der Waals surface area contributed by atoms with Crippen LogP contribution < -0.4 is 11.1 Å². The number of rotatable bonds is 5. The molecule has 0 aliphatic heterocycles. The molecule has 1 fully saturated rings. The average Bonchev–Trinajstić information content (AvgIpc) is 2.26. The van der Waals surface area contributed by atoms with Gasteiger partial charge in [-0.3, -0.25) is 4.79 Å². The van der Waals surface area contributed by atoms with E-state index >= 15 is 0 Å². The molecule has 3 N–H and O–H groups in total. The molecule has 0 saturated heterocycles. The summed E-state index contributed by atoms with van der Waals surface area (Å²) in [5.74, 6) is 0.623. The van der Waals surface area contributed by atoms with Gasteiger partial charge in [0.05, 0.1) is 0 Å². The average molecular weight is 212 g/mol. The van der Waals surface area contributed by atoms with Crippen molar-refractivity contribution in [3.63, 3.8) is 0 Å². The number of hydrogen-bond donors (Lipinski definition) is 2. The zero-order valence-corrected chi connectivity index (χ0v) is 9.96. The van der Waals surface area contributed by atoms with Crippen molar-refractivity contribution in [2.45, 2.75) is 52.0 Å². The van der Waals surface area contributed by atoms with Crippen molar-refractivity contribution < 1.29 is 4.79 Å². The second-order valence-electron chi connectivity index (χ2n) is 4.85. The monoisotopic (exact) mass is 212 g/mol. The molecule has 0 radical (unpaired) electrons. The molecule has 1 aliphatic rings. The normalized spacial score (nSPS) is 28.7. The maximum atomic E-state index is 10.9. The van der Waals surface area contributed by atoms with Crippen LogP contribution >= 0.6 is 0 Å². The lowest BCUT2D eigenvalue weighted by Crippen LogP contribution is -2.39. The fraction of sp³-hybridized carbons (Fsp3) is 0.917. The number of nitrogens with one attached hydrogen (secondary N) is 1. The lowest BCUT2D eigenvalue weighted by atomic mass is 9.84. The first kappa shape index (κ1) is 12.5. The fourth-order valence-corrected chi connectivity index (χ4v) is 2.29. The van der Waals surface area contributed by atoms with Crippen LogP contribution in [-0.4, -0.2) is 18.5 Å². The van der Waals surface area contributed by atoms with Crippen LogP contribution in [0.4, 0.5) is 0 Å². The van der Waals surface area contributed by atoms with Gasteiger partial charge in [0.15, 0.2) is 0 Å². The minimum atomic E-state index is -0.203. The van der Waals surface area contributed by atoms with Gasteiger partial charge >= 0.3 is 0 Å². The number of nitrogens with two attached hydrogens (primary N) is 1. The zero-order valence-electron chi connectivity index (χ0n) is 9.96. The SMILES string of the molecule is CCC1CCCC(NCC(C)C(N)=O)C1. The number of hydrogen-bond acceptors (Lipinski definition) is 2. The van der Waals surface area contributed by atoms with E-state index in [4.69, 9.17) is 5.73 Å². The van der Waals surface area contributed by atoms with Gasteiger partial charge in [-0.1, -0.05) is 33.1 Å². The van der Waals surface area contributed by atoms with Crippen LogP contribution in [-0.2, 0) is 4.79 Å². The molecule has 0 aromatic carbocycles. The summed E-state index contributed by atoms with van der Waals surface area (Å²) in [6, 6.07) is 0.602. The molecule has 15 heavy (non-hydrogen) atoms. The Balaban J connectivity index is 2.23. The van der Waals surface area contributed by atoms with E-state index in [9.17, 15) is 4.79 Å². The molecular formula is C12H24N2O. The van der Waals surface area contributed by atoms with Gasteiger partial charge in [0.25, 0.3) is 0 Å². The van der Waals surface area contributed by atoms with Crippen molar-refractivity contribution in [1.29, 1.82) is 0 Å². The molecule has 3 atom stereocenters. The molecule has 1 rings (SSSR count). The molecule has 88 valence electrons. The Hall–Kier alpha value is -0.570. The van der Waals surface area contributed by atoms with E-state index in [2.05, 4.69) is 12.2 Å². The first-order chi connectivity index (χ1) is 7.13. The molecular weight excluding hydrogens is 188 g/mol. The smallest absolute Gasteiger partial charge is 0.221 e. The van der Waals surface area contributed by atoms with Gasteiger partial charge in [-0.25, -0.2) is 0 Å². The molecule has 0 bridgehead atoms. The van der Waals surface area contributed by atoms with Gasteiger partial charge in [0, 0.05) is 18.5 Å². The van der Waals surface area contributed by atoms with Gasteiger partial charge in [-0.15, -0.1) is 0 Å². The van der Waals surface area contributed by atoms with Crippen molar-refractivity contribution in [2.24, 2.45) is 17.6 Å². The fourth-order valence-electron chi connectivity index (χ4n) is 2.29. The predicted molar refractivity (Wildman–Crippen MR) is 62.4 cm³/mol. The molecule has 1 aliphatic carbocycles. The molecule has 0 heterocycles. The van der Waals surface area contributed by atoms with E-state index in [1.807, 2.05) is 6.92 Å². The third-order valence-electron chi connectivity index (χ3n) is 3.56. The number of amides is 1. The Morgan fingerprint density at radius 2 is 2.27 bits per heavy atom. The van der Waals surface area contributed by atoms with Crippen LogP contribution in [0.5, 0.6) is 0 Å². The largest absolute Gasteiger partial charge is 0.369 e. The van der Waals surface area contributed by atoms with Gasteiger partial charge in [-0.05, 0) is 18.8 Å². The van der Waals surface area contributed by atoms with E-state index in [1.165, 1.54) is 32.1 Å². The molecule has 0 aromatic rings. The first-order valence-corrected chi connectivity index (χ1v) is 6.16. The Morgan fingerprint density at radius 1 is 1.53 bits per heavy atom. The third-order valence-corrected chi connectivity index (χ3v) is 3.56. The summed E-state index contributed by atoms with van der Waals surface area (Å²) >= 11 is 0.